The Balaban J connectivity index is 2.21. The number of hydrogen-bond donors (Lipinski definition) is 1. The predicted molar refractivity (Wildman–Crippen MR) is 89.0 cm³/mol. The number of aryl methyl sites for hydroxylation is 1. The minimum atomic E-state index is -0.368. The molecule has 0 saturated heterocycles. The Morgan fingerprint density at radius 1 is 0.909 bits per heavy atom. The Hall–Kier alpha value is -1.64. The molecule has 0 aliphatic rings. The number of carbonyl (C=O) groups excluding carboxylic acids is 2. The summed E-state index contributed by atoms with van der Waals surface area (Å²) in [5, 5.41) is 9.23. The average Bonchev–Trinajstić information content (AvgIpc) is 2.54. The van der Waals surface area contributed by atoms with Gasteiger partial charge in [0.05, 0.1) is 5.92 Å². The van der Waals surface area contributed by atoms with E-state index < -0.39 is 0 Å². The summed E-state index contributed by atoms with van der Waals surface area (Å²) in [6.45, 7) is 3.66. The molecule has 122 valence electrons. The molecule has 1 N–H and O–H groups in total. The largest absolute Gasteiger partial charge is 0.508 e. The maximum Gasteiger partial charge on any atom is 0.143 e. The van der Waals surface area contributed by atoms with Crippen molar-refractivity contribution in [1.29, 1.82) is 0 Å². The first-order valence-electron chi connectivity index (χ1n) is 8.41. The second-order valence-electron chi connectivity index (χ2n) is 5.81. The van der Waals surface area contributed by atoms with Crippen LogP contribution in [0.3, 0.4) is 0 Å². The zero-order chi connectivity index (χ0) is 16.4. The fourth-order valence-corrected chi connectivity index (χ4v) is 2.69. The minimum Gasteiger partial charge on any atom is -0.508 e. The monoisotopic (exact) mass is 304 g/mol. The van der Waals surface area contributed by atoms with Gasteiger partial charge in [0.15, 0.2) is 0 Å². The van der Waals surface area contributed by atoms with Gasteiger partial charge < -0.3 is 5.11 Å². The van der Waals surface area contributed by atoms with Gasteiger partial charge in [-0.15, -0.1) is 0 Å². The van der Waals surface area contributed by atoms with Crippen molar-refractivity contribution in [2.45, 2.75) is 65.2 Å². The van der Waals surface area contributed by atoms with E-state index in [4.69, 9.17) is 0 Å². The number of ketones is 2. The molecule has 22 heavy (non-hydrogen) atoms. The Bertz CT molecular complexity index is 446. The lowest BCUT2D eigenvalue weighted by molar-refractivity contribution is -0.132. The highest BCUT2D eigenvalue weighted by molar-refractivity contribution is 6.02. The van der Waals surface area contributed by atoms with E-state index in [9.17, 15) is 14.7 Å². The van der Waals surface area contributed by atoms with Crippen molar-refractivity contribution in [3.63, 3.8) is 0 Å². The van der Waals surface area contributed by atoms with Crippen molar-refractivity contribution in [2.75, 3.05) is 0 Å². The number of carbonyl (C=O) groups is 2. The highest BCUT2D eigenvalue weighted by Crippen LogP contribution is 2.17. The average molecular weight is 304 g/mol. The molecule has 0 fully saturated rings. The molecule has 0 unspecified atom stereocenters. The van der Waals surface area contributed by atoms with Crippen molar-refractivity contribution in [3.8, 4) is 5.75 Å². The van der Waals surface area contributed by atoms with Crippen molar-refractivity contribution in [1.82, 2.24) is 0 Å². The summed E-state index contributed by atoms with van der Waals surface area (Å²) in [6, 6.07) is 7.33. The molecular formula is C19H28O3. The molecule has 0 radical (unpaired) electrons. The summed E-state index contributed by atoms with van der Waals surface area (Å²) >= 11 is 0. The zero-order valence-electron chi connectivity index (χ0n) is 13.8. The molecule has 0 aromatic heterocycles. The van der Waals surface area contributed by atoms with Crippen LogP contribution < -0.4 is 0 Å². The van der Waals surface area contributed by atoms with Gasteiger partial charge in [0.25, 0.3) is 0 Å². The summed E-state index contributed by atoms with van der Waals surface area (Å²) in [5.74, 6) is 0.120. The Labute approximate surface area is 133 Å². The van der Waals surface area contributed by atoms with E-state index in [-0.39, 0.29) is 17.5 Å². The Morgan fingerprint density at radius 2 is 1.45 bits per heavy atom. The third-order valence-electron chi connectivity index (χ3n) is 4.12. The summed E-state index contributed by atoms with van der Waals surface area (Å²) in [6.07, 6.45) is 6.83. The second kappa shape index (κ2) is 10.1. The van der Waals surface area contributed by atoms with Gasteiger partial charge in [-0.3, -0.25) is 9.59 Å². The first-order chi connectivity index (χ1) is 10.6. The smallest absolute Gasteiger partial charge is 0.143 e. The van der Waals surface area contributed by atoms with Gasteiger partial charge in [0, 0.05) is 12.8 Å². The lowest BCUT2D eigenvalue weighted by Crippen LogP contribution is -2.22. The standard InChI is InChI=1S/C19H28O3/c1-3-18(21)17(19(22)4-2)10-8-6-5-7-9-15-11-13-16(20)14-12-15/h11-14,17,20H,3-10H2,1-2H3. The molecule has 3 heteroatoms. The van der Waals surface area contributed by atoms with Crippen LogP contribution in [0.1, 0.15) is 64.4 Å². The van der Waals surface area contributed by atoms with E-state index in [1.165, 1.54) is 5.56 Å². The lowest BCUT2D eigenvalue weighted by Gasteiger charge is -2.12. The SMILES string of the molecule is CCC(=O)C(CCCCCCc1ccc(O)cc1)C(=O)CC. The molecule has 1 aromatic rings. The molecular weight excluding hydrogens is 276 g/mol. The van der Waals surface area contributed by atoms with Crippen LogP contribution in [0, 0.1) is 5.92 Å². The van der Waals surface area contributed by atoms with Crippen molar-refractivity contribution in [2.24, 2.45) is 5.92 Å². The fraction of sp³-hybridized carbons (Fsp3) is 0.579. The molecule has 1 aromatic carbocycles. The number of rotatable bonds is 11. The maximum atomic E-state index is 11.8. The number of unbranched alkanes of at least 4 members (excludes halogenated alkanes) is 3. The van der Waals surface area contributed by atoms with Crippen LogP contribution in [0.2, 0.25) is 0 Å². The number of benzene rings is 1. The quantitative estimate of drug-likeness (QED) is 0.485. The fourth-order valence-electron chi connectivity index (χ4n) is 2.69. The topological polar surface area (TPSA) is 54.4 Å². The van der Waals surface area contributed by atoms with Gasteiger partial charge in [-0.1, -0.05) is 45.2 Å². The zero-order valence-corrected chi connectivity index (χ0v) is 13.8. The third-order valence-corrected chi connectivity index (χ3v) is 4.12. The minimum absolute atomic E-state index is 0.0935. The van der Waals surface area contributed by atoms with Crippen LogP contribution in [-0.4, -0.2) is 16.7 Å². The molecule has 3 nitrogen and oxygen atoms in total. The molecule has 0 spiro atoms. The number of hydrogen-bond acceptors (Lipinski definition) is 3. The van der Waals surface area contributed by atoms with Gasteiger partial charge in [-0.05, 0) is 37.0 Å². The lowest BCUT2D eigenvalue weighted by atomic mass is 9.90. The number of phenols is 1. The first kappa shape index (κ1) is 18.4. The highest BCUT2D eigenvalue weighted by Gasteiger charge is 2.22. The van der Waals surface area contributed by atoms with Crippen LogP contribution in [0.15, 0.2) is 24.3 Å². The second-order valence-corrected chi connectivity index (χ2v) is 5.81. The molecule has 0 aliphatic carbocycles. The molecule has 1 rings (SSSR count). The van der Waals surface area contributed by atoms with E-state index >= 15 is 0 Å². The van der Waals surface area contributed by atoms with Crippen LogP contribution in [0.25, 0.3) is 0 Å². The van der Waals surface area contributed by atoms with Crippen LogP contribution in [0.4, 0.5) is 0 Å². The molecule has 0 bridgehead atoms. The van der Waals surface area contributed by atoms with E-state index in [0.29, 0.717) is 25.0 Å². The van der Waals surface area contributed by atoms with E-state index in [1.54, 1.807) is 12.1 Å². The third kappa shape index (κ3) is 6.42. The van der Waals surface area contributed by atoms with Gasteiger partial charge in [0.2, 0.25) is 0 Å². The van der Waals surface area contributed by atoms with Crippen molar-refractivity contribution in [3.05, 3.63) is 29.8 Å². The Kier molecular flexibility index (Phi) is 8.49. The maximum absolute atomic E-state index is 11.8. The van der Waals surface area contributed by atoms with Crippen molar-refractivity contribution < 1.29 is 14.7 Å². The van der Waals surface area contributed by atoms with Gasteiger partial charge in [-0.25, -0.2) is 0 Å². The van der Waals surface area contributed by atoms with E-state index in [1.807, 2.05) is 26.0 Å². The molecule has 0 amide bonds. The molecule has 0 saturated carbocycles. The summed E-state index contributed by atoms with van der Waals surface area (Å²) in [4.78, 5) is 23.6. The van der Waals surface area contributed by atoms with Crippen LogP contribution in [-0.2, 0) is 16.0 Å². The first-order valence-corrected chi connectivity index (χ1v) is 8.41. The van der Waals surface area contributed by atoms with Gasteiger partial charge >= 0.3 is 0 Å². The Morgan fingerprint density at radius 3 is 2.00 bits per heavy atom. The van der Waals surface area contributed by atoms with Crippen LogP contribution in [0.5, 0.6) is 5.75 Å². The molecule has 0 aliphatic heterocycles. The molecule has 0 atom stereocenters. The van der Waals surface area contributed by atoms with E-state index in [2.05, 4.69) is 0 Å². The molecule has 0 heterocycles. The number of phenolic OH excluding ortho intramolecular Hbond substituents is 1. The number of Topliss-reactive ketones (excluding diaryl/α,β-unsaturated/α-hetero) is 2. The predicted octanol–water partition coefficient (Wildman–Crippen LogP) is 4.46. The summed E-state index contributed by atoms with van der Waals surface area (Å²) < 4.78 is 0. The highest BCUT2D eigenvalue weighted by atomic mass is 16.3. The normalized spacial score (nSPS) is 10.9. The van der Waals surface area contributed by atoms with Crippen molar-refractivity contribution >= 4 is 11.6 Å². The number of aromatic hydroxyl groups is 1. The van der Waals surface area contributed by atoms with Gasteiger partial charge in [-0.2, -0.15) is 0 Å². The summed E-state index contributed by atoms with van der Waals surface area (Å²) in [5.41, 5.74) is 1.23. The van der Waals surface area contributed by atoms with Crippen LogP contribution >= 0.6 is 0 Å². The summed E-state index contributed by atoms with van der Waals surface area (Å²) in [7, 11) is 0. The van der Waals surface area contributed by atoms with E-state index in [0.717, 1.165) is 32.1 Å². The van der Waals surface area contributed by atoms with Gasteiger partial charge in [0.1, 0.15) is 17.3 Å².